The van der Waals surface area contributed by atoms with Gasteiger partial charge in [-0.2, -0.15) is 0 Å². The maximum atomic E-state index is 11.2. The lowest BCUT2D eigenvalue weighted by Crippen LogP contribution is -1.96. The van der Waals surface area contributed by atoms with Gasteiger partial charge in [-0.3, -0.25) is 4.79 Å². The van der Waals surface area contributed by atoms with Crippen molar-refractivity contribution in [3.63, 3.8) is 0 Å². The number of ketones is 1. The van der Waals surface area contributed by atoms with Gasteiger partial charge < -0.3 is 4.74 Å². The van der Waals surface area contributed by atoms with Gasteiger partial charge in [0.1, 0.15) is 4.88 Å². The Kier molecular flexibility index (Phi) is 4.92. The molecule has 0 aliphatic rings. The van der Waals surface area contributed by atoms with Gasteiger partial charge in [0.15, 0.2) is 5.78 Å². The number of methoxy groups -OCH3 is 1. The van der Waals surface area contributed by atoms with Crippen LogP contribution in [0, 0.1) is 0 Å². The van der Waals surface area contributed by atoms with E-state index in [9.17, 15) is 9.59 Å². The predicted molar refractivity (Wildman–Crippen MR) is 63.8 cm³/mol. The lowest BCUT2D eigenvalue weighted by Gasteiger charge is -1.95. The van der Waals surface area contributed by atoms with E-state index in [0.717, 1.165) is 17.7 Å². The highest BCUT2D eigenvalue weighted by Gasteiger charge is 2.08. The molecule has 1 aromatic heterocycles. The molecule has 1 aromatic rings. The first-order chi connectivity index (χ1) is 7.67. The molecule has 4 heteroatoms. The van der Waals surface area contributed by atoms with Crippen molar-refractivity contribution in [1.29, 1.82) is 0 Å². The van der Waals surface area contributed by atoms with Gasteiger partial charge in [-0.25, -0.2) is 4.79 Å². The number of carbonyl (C=O) groups excluding carboxylic acids is 2. The number of allylic oxidation sites excluding steroid dienone is 1. The summed E-state index contributed by atoms with van der Waals surface area (Å²) in [5, 5.41) is 0. The summed E-state index contributed by atoms with van der Waals surface area (Å²) in [6, 6.07) is 3.65. The molecule has 0 saturated heterocycles. The van der Waals surface area contributed by atoms with Crippen LogP contribution in [0.25, 0.3) is 0 Å². The molecule has 0 N–H and O–H groups in total. The van der Waals surface area contributed by atoms with Crippen molar-refractivity contribution < 1.29 is 14.3 Å². The van der Waals surface area contributed by atoms with E-state index in [4.69, 9.17) is 0 Å². The Morgan fingerprint density at radius 1 is 1.50 bits per heavy atom. The van der Waals surface area contributed by atoms with E-state index in [0.29, 0.717) is 11.3 Å². The van der Waals surface area contributed by atoms with Crippen molar-refractivity contribution in [2.75, 3.05) is 7.11 Å². The molecule has 0 atom stereocenters. The van der Waals surface area contributed by atoms with Crippen LogP contribution in [0.3, 0.4) is 0 Å². The quantitative estimate of drug-likeness (QED) is 0.565. The minimum absolute atomic E-state index is 0.0600. The topological polar surface area (TPSA) is 43.4 Å². The average Bonchev–Trinajstić information content (AvgIpc) is 2.76. The van der Waals surface area contributed by atoms with E-state index in [2.05, 4.69) is 11.3 Å². The molecule has 0 unspecified atom stereocenters. The number of aryl methyl sites for hydroxylation is 1. The molecule has 16 heavy (non-hydrogen) atoms. The van der Waals surface area contributed by atoms with E-state index < -0.39 is 0 Å². The number of rotatable bonds is 6. The molecular formula is C12H14O3S. The molecule has 0 aliphatic heterocycles. The Hall–Kier alpha value is -1.42. The second-order valence-electron chi connectivity index (χ2n) is 3.28. The van der Waals surface area contributed by atoms with Crippen LogP contribution in [0.5, 0.6) is 0 Å². The van der Waals surface area contributed by atoms with Gasteiger partial charge in [-0.05, 0) is 31.1 Å². The largest absolute Gasteiger partial charge is 0.465 e. The van der Waals surface area contributed by atoms with Crippen LogP contribution >= 0.6 is 11.3 Å². The fraction of sp³-hybridized carbons (Fsp3) is 0.333. The first-order valence-electron chi connectivity index (χ1n) is 4.99. The zero-order valence-corrected chi connectivity index (χ0v) is 10.0. The molecule has 0 radical (unpaired) electrons. The number of ether oxygens (including phenoxy) is 1. The van der Waals surface area contributed by atoms with Gasteiger partial charge in [0.05, 0.1) is 7.11 Å². The predicted octanol–water partition coefficient (Wildman–Crippen LogP) is 2.61. The summed E-state index contributed by atoms with van der Waals surface area (Å²) < 4.78 is 4.61. The molecule has 1 heterocycles. The van der Waals surface area contributed by atoms with E-state index in [1.807, 2.05) is 6.07 Å². The molecular weight excluding hydrogens is 224 g/mol. The Bertz CT molecular complexity index is 393. The van der Waals surface area contributed by atoms with Crippen LogP contribution in [-0.2, 0) is 16.0 Å². The molecule has 0 bridgehead atoms. The van der Waals surface area contributed by atoms with Crippen molar-refractivity contribution in [2.24, 2.45) is 0 Å². The first kappa shape index (κ1) is 12.6. The first-order valence-corrected chi connectivity index (χ1v) is 5.81. The van der Waals surface area contributed by atoms with E-state index >= 15 is 0 Å². The second-order valence-corrected chi connectivity index (χ2v) is 4.45. The lowest BCUT2D eigenvalue weighted by molar-refractivity contribution is -0.114. The van der Waals surface area contributed by atoms with Crippen molar-refractivity contribution in [3.05, 3.63) is 34.5 Å². The summed E-state index contributed by atoms with van der Waals surface area (Å²) in [5.41, 5.74) is 0. The van der Waals surface area contributed by atoms with Crippen molar-refractivity contribution in [2.45, 2.75) is 19.3 Å². The van der Waals surface area contributed by atoms with Gasteiger partial charge in [0.2, 0.25) is 0 Å². The molecule has 0 aliphatic carbocycles. The van der Waals surface area contributed by atoms with Gasteiger partial charge >= 0.3 is 5.97 Å². The zero-order valence-electron chi connectivity index (χ0n) is 9.19. The molecule has 3 nitrogen and oxygen atoms in total. The van der Waals surface area contributed by atoms with Crippen molar-refractivity contribution >= 4 is 23.1 Å². The lowest BCUT2D eigenvalue weighted by atomic mass is 10.1. The van der Waals surface area contributed by atoms with Gasteiger partial charge in [-0.15, -0.1) is 11.3 Å². The number of esters is 1. The molecule has 0 aromatic carbocycles. The normalized spacial score (nSPS) is 9.81. The third-order valence-electron chi connectivity index (χ3n) is 2.12. The number of carbonyl (C=O) groups is 2. The zero-order chi connectivity index (χ0) is 12.0. The highest BCUT2D eigenvalue weighted by Crippen LogP contribution is 2.19. The Balaban J connectivity index is 2.43. The van der Waals surface area contributed by atoms with Crippen LogP contribution in [0.15, 0.2) is 24.8 Å². The fourth-order valence-corrected chi connectivity index (χ4v) is 2.23. The van der Waals surface area contributed by atoms with Crippen LogP contribution < -0.4 is 0 Å². The number of hydrogen-bond acceptors (Lipinski definition) is 4. The molecule has 1 rings (SSSR count). The monoisotopic (exact) mass is 238 g/mol. The summed E-state index contributed by atoms with van der Waals surface area (Å²) in [5.74, 6) is -0.247. The summed E-state index contributed by atoms with van der Waals surface area (Å²) in [4.78, 5) is 23.8. The third-order valence-corrected chi connectivity index (χ3v) is 3.25. The van der Waals surface area contributed by atoms with Gasteiger partial charge in [0, 0.05) is 11.3 Å². The molecule has 86 valence electrons. The highest BCUT2D eigenvalue weighted by molar-refractivity contribution is 7.13. The Morgan fingerprint density at radius 3 is 2.88 bits per heavy atom. The fourth-order valence-electron chi connectivity index (χ4n) is 1.26. The SMILES string of the molecule is C=CC(=O)CCCc1ccc(C(=O)OC)s1. The number of thiophene rings is 1. The summed E-state index contributed by atoms with van der Waals surface area (Å²) in [6.45, 7) is 3.42. The van der Waals surface area contributed by atoms with Crippen LogP contribution in [-0.4, -0.2) is 18.9 Å². The molecule has 0 fully saturated rings. The van der Waals surface area contributed by atoms with Crippen LogP contribution in [0.2, 0.25) is 0 Å². The highest BCUT2D eigenvalue weighted by atomic mass is 32.1. The van der Waals surface area contributed by atoms with E-state index in [-0.39, 0.29) is 11.8 Å². The maximum Gasteiger partial charge on any atom is 0.348 e. The van der Waals surface area contributed by atoms with E-state index in [1.54, 1.807) is 6.07 Å². The maximum absolute atomic E-state index is 11.2. The minimum Gasteiger partial charge on any atom is -0.465 e. The smallest absolute Gasteiger partial charge is 0.348 e. The standard InChI is InChI=1S/C12H14O3S/c1-3-9(13)5-4-6-10-7-8-11(16-10)12(14)15-2/h3,7-8H,1,4-6H2,2H3. The Morgan fingerprint density at radius 2 is 2.25 bits per heavy atom. The molecule has 0 spiro atoms. The molecule has 0 saturated carbocycles. The van der Waals surface area contributed by atoms with Crippen LogP contribution in [0.1, 0.15) is 27.4 Å². The number of hydrogen-bond donors (Lipinski definition) is 0. The van der Waals surface area contributed by atoms with Crippen molar-refractivity contribution in [1.82, 2.24) is 0 Å². The average molecular weight is 238 g/mol. The minimum atomic E-state index is -0.307. The van der Waals surface area contributed by atoms with E-state index in [1.165, 1.54) is 24.5 Å². The van der Waals surface area contributed by atoms with Gasteiger partial charge in [0.25, 0.3) is 0 Å². The van der Waals surface area contributed by atoms with Crippen molar-refractivity contribution in [3.8, 4) is 0 Å². The summed E-state index contributed by atoms with van der Waals surface area (Å²) >= 11 is 1.41. The summed E-state index contributed by atoms with van der Waals surface area (Å²) in [6.07, 6.45) is 3.44. The second kappa shape index (κ2) is 6.23. The van der Waals surface area contributed by atoms with Crippen LogP contribution in [0.4, 0.5) is 0 Å². The third kappa shape index (κ3) is 3.62. The Labute approximate surface area is 98.7 Å². The molecule has 0 amide bonds. The summed E-state index contributed by atoms with van der Waals surface area (Å²) in [7, 11) is 1.37. The van der Waals surface area contributed by atoms with Gasteiger partial charge in [-0.1, -0.05) is 6.58 Å².